The predicted octanol–water partition coefficient (Wildman–Crippen LogP) is 6.99. The van der Waals surface area contributed by atoms with E-state index in [9.17, 15) is 4.79 Å². The van der Waals surface area contributed by atoms with Crippen LogP contribution in [0, 0.1) is 0 Å². The van der Waals surface area contributed by atoms with Crippen molar-refractivity contribution in [1.82, 2.24) is 10.6 Å². The van der Waals surface area contributed by atoms with E-state index >= 15 is 0 Å². The molecule has 0 aromatic heterocycles. The van der Waals surface area contributed by atoms with Gasteiger partial charge in [-0.3, -0.25) is 15.4 Å². The van der Waals surface area contributed by atoms with Crippen LogP contribution in [0.2, 0.25) is 51.4 Å². The number of Topliss-reactive ketones (excluding diaryl/α,β-unsaturated/α-hetero) is 1. The van der Waals surface area contributed by atoms with Gasteiger partial charge in [0.05, 0.1) is 25.5 Å². The Morgan fingerprint density at radius 3 is 1.52 bits per heavy atom. The van der Waals surface area contributed by atoms with E-state index in [1.165, 1.54) is 12.1 Å². The molecule has 0 aliphatic heterocycles. The molecule has 13 heteroatoms. The fourth-order valence-corrected chi connectivity index (χ4v) is 2.99. The Kier molecular flexibility index (Phi) is 36.7. The van der Waals surface area contributed by atoms with Gasteiger partial charge in [0.25, 0.3) is 0 Å². The molecule has 0 amide bonds. The van der Waals surface area contributed by atoms with Crippen molar-refractivity contribution >= 4 is 122 Å². The first kappa shape index (κ1) is 40.1. The van der Waals surface area contributed by atoms with Crippen LogP contribution in [0.3, 0.4) is 0 Å². The molecule has 0 rings (SSSR count). The molecule has 5 nitrogen and oxygen atoms in total. The molecule has 0 spiro atoms. The molecule has 0 radical (unpaired) electrons. The molecule has 0 aliphatic rings. The van der Waals surface area contributed by atoms with Crippen LogP contribution < -0.4 is 10.6 Å². The molecular weight excluding hydrogens is 963 g/mol. The summed E-state index contributed by atoms with van der Waals surface area (Å²) in [7, 11) is -1.84. The molecule has 0 saturated heterocycles. The Labute approximate surface area is 244 Å². The van der Waals surface area contributed by atoms with Gasteiger partial charge in [0.15, 0.2) is 0 Å². The topological polar surface area (TPSA) is 59.6 Å². The van der Waals surface area contributed by atoms with Gasteiger partial charge in [-0.25, -0.2) is 0 Å². The van der Waals surface area contributed by atoms with Crippen molar-refractivity contribution in [3.8, 4) is 0 Å². The molecule has 0 unspecified atom stereocenters. The average molecular weight is 1000 g/mol. The van der Waals surface area contributed by atoms with E-state index in [0.29, 0.717) is 20.0 Å². The Morgan fingerprint density at radius 2 is 1.24 bits per heavy atom. The van der Waals surface area contributed by atoms with Crippen LogP contribution in [0.4, 0.5) is 0 Å². The van der Waals surface area contributed by atoms with Crippen LogP contribution in [-0.4, -0.2) is 60.6 Å². The molecular formula is C16H40BrI4N2O3Si2V. The van der Waals surface area contributed by atoms with Crippen molar-refractivity contribution in [2.24, 2.45) is 0 Å². The molecule has 2 N–H and O–H groups in total. The average Bonchev–Trinajstić information content (AvgIpc) is 2.48. The molecule has 0 saturated carbocycles. The van der Waals surface area contributed by atoms with E-state index in [2.05, 4.69) is 126 Å². The number of ether oxygens (including phenoxy) is 2. The maximum atomic E-state index is 10.5. The molecule has 29 heavy (non-hydrogen) atoms. The van der Waals surface area contributed by atoms with E-state index in [1.807, 2.05) is 0 Å². The summed E-state index contributed by atoms with van der Waals surface area (Å²) in [5.74, 6) is 0.147. The van der Waals surface area contributed by atoms with Crippen LogP contribution in [-0.2, 0) is 19.2 Å². The number of ketones is 1. The summed E-state index contributed by atoms with van der Waals surface area (Å²) in [6.07, 6.45) is 0. The van der Waals surface area contributed by atoms with Crippen molar-refractivity contribution in [2.75, 3.05) is 38.7 Å². The van der Waals surface area contributed by atoms with Gasteiger partial charge >= 0.3 is 64.9 Å². The quantitative estimate of drug-likeness (QED) is 0.0521. The Morgan fingerprint density at radius 1 is 0.897 bits per heavy atom. The Bertz CT molecular complexity index is 365. The summed E-state index contributed by atoms with van der Waals surface area (Å²) in [6, 6.07) is 2.42. The van der Waals surface area contributed by atoms with Crippen LogP contribution in [0.5, 0.6) is 0 Å². The second-order valence-electron chi connectivity index (χ2n) is 8.43. The second kappa shape index (κ2) is 26.5. The van der Waals surface area contributed by atoms with Gasteiger partial charge in [-0.05, 0) is 19.0 Å². The summed E-state index contributed by atoms with van der Waals surface area (Å²) in [6.45, 7) is 18.9. The van der Waals surface area contributed by atoms with Gasteiger partial charge < -0.3 is 9.47 Å². The minimum absolute atomic E-state index is 0. The maximum absolute atomic E-state index is 10.5. The molecule has 0 aliphatic carbocycles. The first-order valence-corrected chi connectivity index (χ1v) is 31.2. The molecule has 0 bridgehead atoms. The van der Waals surface area contributed by atoms with E-state index in [-0.39, 0.29) is 34.7 Å². The van der Waals surface area contributed by atoms with Crippen molar-refractivity contribution < 1.29 is 19.2 Å². The minimum atomic E-state index is -0.959. The van der Waals surface area contributed by atoms with Crippen LogP contribution >= 0.6 is 99.8 Å². The van der Waals surface area contributed by atoms with Gasteiger partial charge in [0.1, 0.15) is 5.78 Å². The zero-order valence-electron chi connectivity index (χ0n) is 18.7. The third-order valence-electron chi connectivity index (χ3n) is 2.87. The molecule has 0 heterocycles. The monoisotopic (exact) mass is 1000 g/mol. The summed E-state index contributed by atoms with van der Waals surface area (Å²) in [5, 5.41) is 5.96. The van der Waals surface area contributed by atoms with E-state index in [4.69, 9.17) is 9.47 Å². The van der Waals surface area contributed by atoms with Crippen LogP contribution in [0.25, 0.3) is 0 Å². The van der Waals surface area contributed by atoms with Gasteiger partial charge in [0.2, 0.25) is 0 Å². The fraction of sp³-hybridized carbons (Fsp3) is 0.938. The number of rotatable bonds is 13. The first-order chi connectivity index (χ1) is 12.7. The van der Waals surface area contributed by atoms with Crippen molar-refractivity contribution in [3.63, 3.8) is 0 Å². The third-order valence-corrected chi connectivity index (χ3v) is 6.67. The van der Waals surface area contributed by atoms with Gasteiger partial charge in [-0.15, -0.1) is 24.0 Å². The number of carbonyl (C=O) groups excluding carboxylic acids is 1. The van der Waals surface area contributed by atoms with Crippen molar-refractivity contribution in [3.05, 3.63) is 0 Å². The van der Waals surface area contributed by atoms with Gasteiger partial charge in [0, 0.05) is 29.4 Å². The van der Waals surface area contributed by atoms with Gasteiger partial charge in [-0.2, -0.15) is 0 Å². The zero-order valence-corrected chi connectivity index (χ0v) is 32.5. The number of nitrogens with one attached hydrogen (secondary N) is 2. The summed E-state index contributed by atoms with van der Waals surface area (Å²) in [5.41, 5.74) is 0.806. The summed E-state index contributed by atoms with van der Waals surface area (Å²) < 4.78 is 10.7. The normalized spacial score (nSPS) is 11.0. The standard InChI is InChI=1S/C9H21NO2Si.C7H18BrNOSi.4HI.V/c1-9(11)7-10-8-12-5-6-13(2,3)4;1-11(2,3)5-4-10-7-9-6-8;;;;;/h10H,5-8H2,1-4H3;9H,4-7H2,1-3H3;4*1H;/q;;;;;;+3/p-3. The van der Waals surface area contributed by atoms with Crippen molar-refractivity contribution in [1.29, 1.82) is 0 Å². The molecule has 180 valence electrons. The van der Waals surface area contributed by atoms with Crippen LogP contribution in [0.15, 0.2) is 0 Å². The number of halogens is 5. The number of hydrogen-bond acceptors (Lipinski definition) is 5. The van der Waals surface area contributed by atoms with Crippen molar-refractivity contribution in [2.45, 2.75) is 58.3 Å². The molecule has 0 atom stereocenters. The summed E-state index contributed by atoms with van der Waals surface area (Å²) >= 11 is 10.6. The van der Waals surface area contributed by atoms with E-state index in [0.717, 1.165) is 18.7 Å². The third kappa shape index (κ3) is 59.5. The SMILES string of the molecule is CC(=O)CNCOCC[Si](C)(C)C.C[Si](C)(C)CCOCNCBr.I.[I][V]([I])[I]. The Hall–Kier alpha value is 3.93. The number of carbonyl (C=O) groups is 1. The Balaban J connectivity index is -0.000000178. The predicted molar refractivity (Wildman–Crippen MR) is 171 cm³/mol. The number of alkyl halides is 1. The molecule has 0 aromatic rings. The van der Waals surface area contributed by atoms with Crippen LogP contribution in [0.1, 0.15) is 6.92 Å². The fourth-order valence-electron chi connectivity index (χ4n) is 1.31. The molecule has 0 aromatic carbocycles. The first-order valence-electron chi connectivity index (χ1n) is 9.11. The van der Waals surface area contributed by atoms with E-state index < -0.39 is 16.1 Å². The molecule has 0 fully saturated rings. The number of hydrogen-bond donors (Lipinski definition) is 2. The van der Waals surface area contributed by atoms with Gasteiger partial charge in [-0.1, -0.05) is 55.2 Å². The zero-order chi connectivity index (χ0) is 22.6. The second-order valence-corrected chi connectivity index (χ2v) is 55.6. The van der Waals surface area contributed by atoms with E-state index in [1.54, 1.807) is 6.92 Å². The summed E-state index contributed by atoms with van der Waals surface area (Å²) in [4.78, 5) is 10.2.